The molecular weight excluding hydrogens is 232 g/mol. The van der Waals surface area contributed by atoms with E-state index in [1.165, 1.54) is 6.08 Å². The molecule has 0 aliphatic carbocycles. The molecule has 0 spiro atoms. The summed E-state index contributed by atoms with van der Waals surface area (Å²) in [6.45, 7) is 5.34. The minimum Gasteiger partial charge on any atom is -0.462 e. The maximum atomic E-state index is 11.5. The first-order valence-electron chi connectivity index (χ1n) is 4.95. The van der Waals surface area contributed by atoms with Gasteiger partial charge in [-0.2, -0.15) is 0 Å². The van der Waals surface area contributed by atoms with Crippen molar-refractivity contribution < 1.29 is 19.1 Å². The van der Waals surface area contributed by atoms with Gasteiger partial charge in [0, 0.05) is 0 Å². The number of carbonyl (C=O) groups is 2. The molecule has 0 saturated heterocycles. The minimum atomic E-state index is -0.774. The van der Waals surface area contributed by atoms with Crippen molar-refractivity contribution in [2.45, 2.75) is 20.8 Å². The fraction of sp³-hybridized carbons (Fsp3) is 0.455. The first-order valence-corrected chi connectivity index (χ1v) is 5.32. The quantitative estimate of drug-likeness (QED) is 0.245. The van der Waals surface area contributed by atoms with E-state index in [9.17, 15) is 9.59 Å². The van der Waals surface area contributed by atoms with Gasteiger partial charge >= 0.3 is 11.9 Å². The zero-order valence-corrected chi connectivity index (χ0v) is 10.3. The lowest BCUT2D eigenvalue weighted by Crippen LogP contribution is -2.19. The van der Waals surface area contributed by atoms with E-state index in [2.05, 4.69) is 0 Å². The monoisotopic (exact) mass is 246 g/mol. The van der Waals surface area contributed by atoms with Crippen molar-refractivity contribution in [3.8, 4) is 0 Å². The Morgan fingerprint density at radius 3 is 1.88 bits per heavy atom. The molecule has 0 aromatic heterocycles. The Kier molecular flexibility index (Phi) is 7.29. The molecule has 0 unspecified atom stereocenters. The third-order valence-corrected chi connectivity index (χ3v) is 1.83. The van der Waals surface area contributed by atoms with Crippen molar-refractivity contribution >= 4 is 23.5 Å². The van der Waals surface area contributed by atoms with Gasteiger partial charge in [0.1, 0.15) is 0 Å². The van der Waals surface area contributed by atoms with E-state index in [-0.39, 0.29) is 23.8 Å². The van der Waals surface area contributed by atoms with Crippen LogP contribution >= 0.6 is 11.6 Å². The van der Waals surface area contributed by atoms with Gasteiger partial charge in [-0.1, -0.05) is 17.7 Å². The Labute approximate surface area is 99.9 Å². The highest BCUT2D eigenvalue weighted by Crippen LogP contribution is 2.15. The number of hydrogen-bond acceptors (Lipinski definition) is 4. The summed E-state index contributed by atoms with van der Waals surface area (Å²) < 4.78 is 9.45. The van der Waals surface area contributed by atoms with E-state index in [4.69, 9.17) is 21.1 Å². The smallest absolute Gasteiger partial charge is 0.347 e. The van der Waals surface area contributed by atoms with Gasteiger partial charge < -0.3 is 9.47 Å². The highest BCUT2D eigenvalue weighted by Gasteiger charge is 2.24. The Bertz CT molecular complexity index is 298. The Morgan fingerprint density at radius 1 is 1.12 bits per heavy atom. The second-order valence-electron chi connectivity index (χ2n) is 2.66. The summed E-state index contributed by atoms with van der Waals surface area (Å²) in [5.74, 6) is -1.55. The highest BCUT2D eigenvalue weighted by atomic mass is 35.5. The van der Waals surface area contributed by atoms with E-state index < -0.39 is 11.9 Å². The van der Waals surface area contributed by atoms with E-state index in [0.29, 0.717) is 0 Å². The highest BCUT2D eigenvalue weighted by molar-refractivity contribution is 6.36. The zero-order valence-electron chi connectivity index (χ0n) is 9.58. The normalized spacial score (nSPS) is 10.0. The second-order valence-corrected chi connectivity index (χ2v) is 3.07. The van der Waals surface area contributed by atoms with Crippen LogP contribution in [0.3, 0.4) is 0 Å². The molecule has 0 amide bonds. The Balaban J connectivity index is 5.12. The zero-order chi connectivity index (χ0) is 12.6. The standard InChI is InChI=1S/C11H15ClO4/c1-4-7-8(12)9(10(13)15-5-2)11(14)16-6-3/h4,7H,5-6H2,1-3H3/b7-4-. The molecule has 0 N–H and O–H groups in total. The molecule has 0 aromatic rings. The van der Waals surface area contributed by atoms with Gasteiger partial charge in [-0.15, -0.1) is 0 Å². The van der Waals surface area contributed by atoms with Crippen molar-refractivity contribution in [1.82, 2.24) is 0 Å². The molecule has 0 aliphatic heterocycles. The van der Waals surface area contributed by atoms with E-state index in [1.54, 1.807) is 26.8 Å². The molecule has 0 bridgehead atoms. The molecule has 16 heavy (non-hydrogen) atoms. The first-order chi connectivity index (χ1) is 7.58. The van der Waals surface area contributed by atoms with Crippen molar-refractivity contribution in [3.05, 3.63) is 22.8 Å². The van der Waals surface area contributed by atoms with Crippen LogP contribution in [0.15, 0.2) is 22.8 Å². The van der Waals surface area contributed by atoms with Gasteiger partial charge in [0.25, 0.3) is 0 Å². The van der Waals surface area contributed by atoms with Crippen LogP contribution in [0.25, 0.3) is 0 Å². The topological polar surface area (TPSA) is 52.6 Å². The summed E-state index contributed by atoms with van der Waals surface area (Å²) in [6.07, 6.45) is 3.05. The largest absolute Gasteiger partial charge is 0.462 e. The van der Waals surface area contributed by atoms with Crippen molar-refractivity contribution in [1.29, 1.82) is 0 Å². The Morgan fingerprint density at radius 2 is 1.56 bits per heavy atom. The van der Waals surface area contributed by atoms with Gasteiger partial charge in [0.15, 0.2) is 5.57 Å². The van der Waals surface area contributed by atoms with Gasteiger partial charge in [-0.3, -0.25) is 0 Å². The number of rotatable bonds is 5. The summed E-state index contributed by atoms with van der Waals surface area (Å²) in [6, 6.07) is 0. The number of ether oxygens (including phenoxy) is 2. The third kappa shape index (κ3) is 4.49. The van der Waals surface area contributed by atoms with E-state index in [1.807, 2.05) is 0 Å². The SMILES string of the molecule is C/C=C\C(Cl)=C(C(=O)OCC)C(=O)OCC. The predicted octanol–water partition coefficient (Wildman–Crippen LogP) is 2.18. The fourth-order valence-corrected chi connectivity index (χ4v) is 1.19. The predicted molar refractivity (Wildman–Crippen MR) is 61.0 cm³/mol. The van der Waals surface area contributed by atoms with Crippen LogP contribution in [0.5, 0.6) is 0 Å². The van der Waals surface area contributed by atoms with Gasteiger partial charge in [-0.05, 0) is 26.8 Å². The molecular formula is C11H15ClO4. The first kappa shape index (κ1) is 14.7. The summed E-state index contributed by atoms with van der Waals surface area (Å²) in [5.41, 5.74) is -0.275. The molecule has 0 atom stereocenters. The molecule has 0 rings (SSSR count). The van der Waals surface area contributed by atoms with Crippen LogP contribution in [0.4, 0.5) is 0 Å². The second kappa shape index (κ2) is 7.93. The third-order valence-electron chi connectivity index (χ3n) is 1.51. The molecule has 0 aliphatic rings. The number of hydrogen-bond donors (Lipinski definition) is 0. The molecule has 0 aromatic carbocycles. The number of allylic oxidation sites excluding steroid dienone is 3. The van der Waals surface area contributed by atoms with Crippen LogP contribution in [-0.4, -0.2) is 25.2 Å². The maximum absolute atomic E-state index is 11.5. The van der Waals surface area contributed by atoms with Crippen molar-refractivity contribution in [2.24, 2.45) is 0 Å². The molecule has 0 saturated carbocycles. The molecule has 5 heteroatoms. The van der Waals surface area contributed by atoms with Gasteiger partial charge in [0.2, 0.25) is 0 Å². The summed E-state index contributed by atoms with van der Waals surface area (Å²) in [5, 5.41) is 0.0133. The lowest BCUT2D eigenvalue weighted by molar-refractivity contribution is -0.146. The van der Waals surface area contributed by atoms with Crippen LogP contribution in [-0.2, 0) is 19.1 Å². The van der Waals surface area contributed by atoms with Crippen LogP contribution in [0.1, 0.15) is 20.8 Å². The summed E-state index contributed by atoms with van der Waals surface area (Å²) in [4.78, 5) is 23.0. The summed E-state index contributed by atoms with van der Waals surface area (Å²) >= 11 is 5.80. The van der Waals surface area contributed by atoms with Gasteiger partial charge in [-0.25, -0.2) is 9.59 Å². The van der Waals surface area contributed by atoms with Crippen LogP contribution in [0.2, 0.25) is 0 Å². The van der Waals surface area contributed by atoms with E-state index in [0.717, 1.165) is 0 Å². The lowest BCUT2D eigenvalue weighted by Gasteiger charge is -2.07. The Hall–Kier alpha value is -1.29. The van der Waals surface area contributed by atoms with Crippen molar-refractivity contribution in [3.63, 3.8) is 0 Å². The lowest BCUT2D eigenvalue weighted by atomic mass is 10.2. The van der Waals surface area contributed by atoms with Crippen LogP contribution in [0, 0.1) is 0 Å². The summed E-state index contributed by atoms with van der Waals surface area (Å²) in [7, 11) is 0. The number of esters is 2. The van der Waals surface area contributed by atoms with E-state index >= 15 is 0 Å². The van der Waals surface area contributed by atoms with Crippen molar-refractivity contribution in [2.75, 3.05) is 13.2 Å². The number of halogens is 1. The molecule has 0 radical (unpaired) electrons. The van der Waals surface area contributed by atoms with Crippen LogP contribution < -0.4 is 0 Å². The number of carbonyl (C=O) groups excluding carboxylic acids is 2. The minimum absolute atomic E-state index is 0.0133. The molecule has 90 valence electrons. The molecule has 0 fully saturated rings. The van der Waals surface area contributed by atoms with Gasteiger partial charge in [0.05, 0.1) is 18.2 Å². The average molecular weight is 247 g/mol. The average Bonchev–Trinajstić information content (AvgIpc) is 2.19. The molecule has 0 heterocycles. The maximum Gasteiger partial charge on any atom is 0.347 e. The molecule has 4 nitrogen and oxygen atoms in total. The fourth-order valence-electron chi connectivity index (χ4n) is 0.915.